The fourth-order valence-electron chi connectivity index (χ4n) is 2.42. The predicted molar refractivity (Wildman–Crippen MR) is 91.8 cm³/mol. The van der Waals surface area contributed by atoms with Gasteiger partial charge in [-0.25, -0.2) is 13.6 Å². The summed E-state index contributed by atoms with van der Waals surface area (Å²) >= 11 is 0. The second-order valence-electron chi connectivity index (χ2n) is 5.83. The zero-order valence-corrected chi connectivity index (χ0v) is 14.1. The molecule has 146 valence electrons. The summed E-state index contributed by atoms with van der Waals surface area (Å²) in [5, 5.41) is 8.58. The van der Waals surface area contributed by atoms with Gasteiger partial charge in [0, 0.05) is 12.3 Å². The number of amides is 2. The number of carbonyl (C=O) groups excluding carboxylic acids is 1. The highest BCUT2D eigenvalue weighted by Gasteiger charge is 2.30. The lowest BCUT2D eigenvalue weighted by atomic mass is 10.1. The number of carbonyl (C=O) groups is 1. The van der Waals surface area contributed by atoms with Gasteiger partial charge in [0.25, 0.3) is 0 Å². The maximum atomic E-state index is 13.5. The van der Waals surface area contributed by atoms with Gasteiger partial charge in [-0.15, -0.1) is 0 Å². The minimum Gasteiger partial charge on any atom is -0.305 e. The van der Waals surface area contributed by atoms with Crippen molar-refractivity contribution in [1.82, 2.24) is 9.78 Å². The number of nitrogens with one attached hydrogen (secondary N) is 2. The summed E-state index contributed by atoms with van der Waals surface area (Å²) < 4.78 is 66.0. The van der Waals surface area contributed by atoms with Gasteiger partial charge in [0.2, 0.25) is 0 Å². The quantitative estimate of drug-likeness (QED) is 0.618. The lowest BCUT2D eigenvalue weighted by Gasteiger charge is -2.09. The normalized spacial score (nSPS) is 11.3. The van der Waals surface area contributed by atoms with Crippen LogP contribution >= 0.6 is 0 Å². The van der Waals surface area contributed by atoms with Gasteiger partial charge in [-0.1, -0.05) is 12.1 Å². The molecule has 0 radical (unpaired) electrons. The Kier molecular flexibility index (Phi) is 5.30. The minimum absolute atomic E-state index is 0.0554. The molecule has 0 fully saturated rings. The SMILES string of the molecule is O=C(Nc1cnn(Cc2cccc(C(F)(F)F)c2)c1)Nc1ccc(F)cc1F. The Morgan fingerprint density at radius 3 is 2.57 bits per heavy atom. The third-order valence-electron chi connectivity index (χ3n) is 3.67. The minimum atomic E-state index is -4.44. The van der Waals surface area contributed by atoms with Crippen LogP contribution in [0.1, 0.15) is 11.1 Å². The van der Waals surface area contributed by atoms with E-state index in [1.54, 1.807) is 0 Å². The van der Waals surface area contributed by atoms with Gasteiger partial charge in [0.1, 0.15) is 11.6 Å². The van der Waals surface area contributed by atoms with E-state index in [1.807, 2.05) is 0 Å². The van der Waals surface area contributed by atoms with Crippen molar-refractivity contribution in [2.45, 2.75) is 12.7 Å². The molecular weight excluding hydrogens is 383 g/mol. The number of benzene rings is 2. The van der Waals surface area contributed by atoms with Crippen molar-refractivity contribution >= 4 is 17.4 Å². The van der Waals surface area contributed by atoms with Crippen molar-refractivity contribution in [3.63, 3.8) is 0 Å². The van der Waals surface area contributed by atoms with Crippen LogP contribution < -0.4 is 10.6 Å². The second-order valence-corrected chi connectivity index (χ2v) is 5.83. The van der Waals surface area contributed by atoms with E-state index < -0.39 is 29.4 Å². The second kappa shape index (κ2) is 7.67. The molecule has 28 heavy (non-hydrogen) atoms. The van der Waals surface area contributed by atoms with Crippen molar-refractivity contribution in [3.8, 4) is 0 Å². The molecule has 2 amide bonds. The maximum Gasteiger partial charge on any atom is 0.416 e. The zero-order chi connectivity index (χ0) is 20.3. The molecule has 0 aliphatic rings. The molecule has 1 aromatic heterocycles. The van der Waals surface area contributed by atoms with E-state index in [4.69, 9.17) is 0 Å². The Morgan fingerprint density at radius 1 is 1.07 bits per heavy atom. The summed E-state index contributed by atoms with van der Waals surface area (Å²) in [5.74, 6) is -1.71. The van der Waals surface area contributed by atoms with Crippen molar-refractivity contribution in [2.24, 2.45) is 0 Å². The topological polar surface area (TPSA) is 59.0 Å². The van der Waals surface area contributed by atoms with E-state index >= 15 is 0 Å². The average molecular weight is 396 g/mol. The fourth-order valence-corrected chi connectivity index (χ4v) is 2.42. The molecule has 0 aliphatic heterocycles. The fraction of sp³-hybridized carbons (Fsp3) is 0.111. The molecule has 0 unspecified atom stereocenters. The van der Waals surface area contributed by atoms with Crippen molar-refractivity contribution in [1.29, 1.82) is 0 Å². The molecule has 3 aromatic rings. The molecule has 2 N–H and O–H groups in total. The summed E-state index contributed by atoms with van der Waals surface area (Å²) in [6.07, 6.45) is -1.75. The van der Waals surface area contributed by atoms with Crippen molar-refractivity contribution in [2.75, 3.05) is 10.6 Å². The smallest absolute Gasteiger partial charge is 0.305 e. The Labute approximate surface area is 155 Å². The van der Waals surface area contributed by atoms with E-state index in [-0.39, 0.29) is 17.9 Å². The summed E-state index contributed by atoms with van der Waals surface area (Å²) in [4.78, 5) is 11.9. The third-order valence-corrected chi connectivity index (χ3v) is 3.67. The van der Waals surface area contributed by atoms with Gasteiger partial charge in [-0.05, 0) is 29.8 Å². The van der Waals surface area contributed by atoms with E-state index in [9.17, 15) is 26.7 Å². The Bertz CT molecular complexity index is 1000. The van der Waals surface area contributed by atoms with E-state index in [2.05, 4.69) is 15.7 Å². The highest BCUT2D eigenvalue weighted by Crippen LogP contribution is 2.29. The largest absolute Gasteiger partial charge is 0.416 e. The van der Waals surface area contributed by atoms with Gasteiger partial charge in [0.15, 0.2) is 0 Å². The maximum absolute atomic E-state index is 13.5. The molecule has 10 heteroatoms. The number of rotatable bonds is 4. The number of aromatic nitrogens is 2. The molecular formula is C18H13F5N4O. The molecule has 5 nitrogen and oxygen atoms in total. The van der Waals surface area contributed by atoms with Crippen LogP contribution in [-0.2, 0) is 12.7 Å². The number of alkyl halides is 3. The lowest BCUT2D eigenvalue weighted by Crippen LogP contribution is -2.19. The van der Waals surface area contributed by atoms with Crippen molar-refractivity contribution < 1.29 is 26.7 Å². The molecule has 0 atom stereocenters. The lowest BCUT2D eigenvalue weighted by molar-refractivity contribution is -0.137. The molecule has 0 aliphatic carbocycles. The van der Waals surface area contributed by atoms with Crippen LogP contribution in [-0.4, -0.2) is 15.8 Å². The number of hydrogen-bond acceptors (Lipinski definition) is 2. The summed E-state index contributed by atoms with van der Waals surface area (Å²) in [5.41, 5.74) is -0.360. The molecule has 0 saturated carbocycles. The first-order valence-electron chi connectivity index (χ1n) is 7.92. The Morgan fingerprint density at radius 2 is 1.86 bits per heavy atom. The van der Waals surface area contributed by atoms with Crippen LogP contribution in [0.25, 0.3) is 0 Å². The van der Waals surface area contributed by atoms with Gasteiger partial charge < -0.3 is 10.6 Å². The van der Waals surface area contributed by atoms with Gasteiger partial charge in [0.05, 0.1) is 29.7 Å². The molecule has 2 aromatic carbocycles. The standard InChI is InChI=1S/C18H13F5N4O/c19-13-4-5-16(15(20)7-13)26-17(28)25-14-8-24-27(10-14)9-11-2-1-3-12(6-11)18(21,22)23/h1-8,10H,9H2,(H2,25,26,28). The summed E-state index contributed by atoms with van der Waals surface area (Å²) in [6.45, 7) is 0.0554. The van der Waals surface area contributed by atoms with E-state index in [0.29, 0.717) is 11.6 Å². The number of anilines is 2. The molecule has 3 rings (SSSR count). The van der Waals surface area contributed by atoms with Crippen LogP contribution in [0.2, 0.25) is 0 Å². The van der Waals surface area contributed by atoms with Gasteiger partial charge in [-0.2, -0.15) is 18.3 Å². The third kappa shape index (κ3) is 4.84. The predicted octanol–water partition coefficient (Wildman–Crippen LogP) is 4.87. The van der Waals surface area contributed by atoms with Crippen LogP contribution in [0.3, 0.4) is 0 Å². The van der Waals surface area contributed by atoms with E-state index in [0.717, 1.165) is 24.3 Å². The van der Waals surface area contributed by atoms with Crippen LogP contribution in [0.5, 0.6) is 0 Å². The summed E-state index contributed by atoms with van der Waals surface area (Å²) in [6, 6.07) is 6.70. The van der Waals surface area contributed by atoms with E-state index in [1.165, 1.54) is 29.2 Å². The van der Waals surface area contributed by atoms with Crippen LogP contribution in [0, 0.1) is 11.6 Å². The monoisotopic (exact) mass is 396 g/mol. The molecule has 0 bridgehead atoms. The highest BCUT2D eigenvalue weighted by atomic mass is 19.4. The molecule has 0 saturated heterocycles. The molecule has 0 spiro atoms. The Hall–Kier alpha value is -3.43. The number of nitrogens with zero attached hydrogens (tertiary/aromatic N) is 2. The first-order valence-corrected chi connectivity index (χ1v) is 7.92. The zero-order valence-electron chi connectivity index (χ0n) is 14.1. The van der Waals surface area contributed by atoms with Gasteiger partial charge in [-0.3, -0.25) is 4.68 Å². The average Bonchev–Trinajstić information content (AvgIpc) is 3.03. The highest BCUT2D eigenvalue weighted by molar-refractivity contribution is 5.99. The van der Waals surface area contributed by atoms with Crippen molar-refractivity contribution in [3.05, 3.63) is 77.6 Å². The Balaban J connectivity index is 1.63. The van der Waals surface area contributed by atoms with Crippen LogP contribution in [0.4, 0.5) is 38.1 Å². The first kappa shape index (κ1) is 19.3. The number of urea groups is 1. The van der Waals surface area contributed by atoms with Crippen LogP contribution in [0.15, 0.2) is 54.9 Å². The van der Waals surface area contributed by atoms with Gasteiger partial charge >= 0.3 is 12.2 Å². The summed E-state index contributed by atoms with van der Waals surface area (Å²) in [7, 11) is 0. The number of hydrogen-bond donors (Lipinski definition) is 2. The first-order chi connectivity index (χ1) is 13.2. The number of halogens is 5. The molecule has 1 heterocycles.